The number of hydrogen-bond acceptors (Lipinski definition) is 5. The molecule has 2 rings (SSSR count). The zero-order valence-corrected chi connectivity index (χ0v) is 11.0. The minimum absolute atomic E-state index is 0.187. The maximum atomic E-state index is 11.0. The third kappa shape index (κ3) is 2.63. The molecule has 0 aromatic carbocycles. The molecule has 1 fully saturated rings. The van der Waals surface area contributed by atoms with Gasteiger partial charge in [-0.2, -0.15) is 4.98 Å². The van der Waals surface area contributed by atoms with E-state index >= 15 is 0 Å². The van der Waals surface area contributed by atoms with Gasteiger partial charge in [0.1, 0.15) is 0 Å². The summed E-state index contributed by atoms with van der Waals surface area (Å²) in [5.41, 5.74) is -0.187. The summed E-state index contributed by atoms with van der Waals surface area (Å²) in [5.74, 6) is -0.00426. The lowest BCUT2D eigenvalue weighted by Crippen LogP contribution is -2.39. The first-order valence-electron chi connectivity index (χ1n) is 6.20. The van der Waals surface area contributed by atoms with Crippen molar-refractivity contribution in [2.45, 2.75) is 39.0 Å². The third-order valence-electron chi connectivity index (χ3n) is 3.11. The smallest absolute Gasteiger partial charge is 0.308 e. The first kappa shape index (κ1) is 12.9. The zero-order chi connectivity index (χ0) is 13.3. The van der Waals surface area contributed by atoms with E-state index in [1.165, 1.54) is 0 Å². The molecule has 0 aliphatic carbocycles. The summed E-state index contributed by atoms with van der Waals surface area (Å²) in [6.45, 7) is 7.24. The van der Waals surface area contributed by atoms with Crippen molar-refractivity contribution in [2.75, 3.05) is 18.0 Å². The number of carbonyl (C=O) groups is 1. The number of aliphatic carboxylic acids is 1. The second-order valence-electron chi connectivity index (χ2n) is 5.77. The minimum Gasteiger partial charge on any atom is -0.481 e. The van der Waals surface area contributed by atoms with Crippen molar-refractivity contribution < 1.29 is 14.4 Å². The van der Waals surface area contributed by atoms with Crippen molar-refractivity contribution in [3.63, 3.8) is 0 Å². The van der Waals surface area contributed by atoms with Gasteiger partial charge >= 0.3 is 5.97 Å². The molecule has 6 nitrogen and oxygen atoms in total. The van der Waals surface area contributed by atoms with Gasteiger partial charge in [0.25, 0.3) is 5.95 Å². The Hall–Kier alpha value is -1.59. The lowest BCUT2D eigenvalue weighted by Gasteiger charge is -2.29. The Kier molecular flexibility index (Phi) is 3.28. The molecule has 1 aliphatic rings. The molecule has 1 unspecified atom stereocenters. The second kappa shape index (κ2) is 4.59. The molecule has 1 aromatic rings. The van der Waals surface area contributed by atoms with Gasteiger partial charge in [-0.25, -0.2) is 0 Å². The summed E-state index contributed by atoms with van der Waals surface area (Å²) < 4.78 is 5.23. The van der Waals surface area contributed by atoms with Gasteiger partial charge in [0.05, 0.1) is 5.92 Å². The maximum Gasteiger partial charge on any atom is 0.308 e. The summed E-state index contributed by atoms with van der Waals surface area (Å²) in [6.07, 6.45) is 1.56. The number of piperidine rings is 1. The molecule has 1 N–H and O–H groups in total. The molecular weight excluding hydrogens is 234 g/mol. The zero-order valence-electron chi connectivity index (χ0n) is 11.0. The van der Waals surface area contributed by atoms with E-state index in [4.69, 9.17) is 9.63 Å². The molecule has 0 saturated carbocycles. The Morgan fingerprint density at radius 3 is 2.78 bits per heavy atom. The fourth-order valence-electron chi connectivity index (χ4n) is 2.01. The van der Waals surface area contributed by atoms with Crippen molar-refractivity contribution in [3.8, 4) is 0 Å². The molecule has 0 spiro atoms. The molecule has 1 saturated heterocycles. The molecule has 18 heavy (non-hydrogen) atoms. The molecule has 1 aromatic heterocycles. The van der Waals surface area contributed by atoms with Gasteiger partial charge in [0.15, 0.2) is 0 Å². The highest BCUT2D eigenvalue weighted by atomic mass is 16.5. The van der Waals surface area contributed by atoms with Gasteiger partial charge in [-0.3, -0.25) is 4.79 Å². The fourth-order valence-corrected chi connectivity index (χ4v) is 2.01. The van der Waals surface area contributed by atoms with Crippen LogP contribution in [0, 0.1) is 5.92 Å². The van der Waals surface area contributed by atoms with Gasteiger partial charge in [-0.15, -0.1) is 0 Å². The summed E-state index contributed by atoms with van der Waals surface area (Å²) in [6, 6.07) is 0. The van der Waals surface area contributed by atoms with E-state index in [-0.39, 0.29) is 11.3 Å². The first-order valence-corrected chi connectivity index (χ1v) is 6.20. The van der Waals surface area contributed by atoms with Crippen LogP contribution in [0.3, 0.4) is 0 Å². The normalized spacial score (nSPS) is 21.1. The van der Waals surface area contributed by atoms with Gasteiger partial charge in [0, 0.05) is 18.5 Å². The Bertz CT molecular complexity index is 436. The van der Waals surface area contributed by atoms with E-state index in [0.29, 0.717) is 18.4 Å². The Morgan fingerprint density at radius 1 is 1.50 bits per heavy atom. The lowest BCUT2D eigenvalue weighted by molar-refractivity contribution is -0.141. The highest BCUT2D eigenvalue weighted by molar-refractivity contribution is 5.71. The van der Waals surface area contributed by atoms with E-state index in [2.05, 4.69) is 10.1 Å². The van der Waals surface area contributed by atoms with Gasteiger partial charge in [-0.1, -0.05) is 20.8 Å². The van der Waals surface area contributed by atoms with Crippen LogP contribution >= 0.6 is 0 Å². The number of carboxylic acid groups (broad SMARTS) is 1. The van der Waals surface area contributed by atoms with Crippen molar-refractivity contribution in [1.82, 2.24) is 10.1 Å². The fraction of sp³-hybridized carbons (Fsp3) is 0.750. The Morgan fingerprint density at radius 2 is 2.22 bits per heavy atom. The molecule has 6 heteroatoms. The Balaban J connectivity index is 2.12. The summed E-state index contributed by atoms with van der Waals surface area (Å²) in [7, 11) is 0. The highest BCUT2D eigenvalue weighted by Crippen LogP contribution is 2.25. The van der Waals surface area contributed by atoms with Crippen molar-refractivity contribution >= 4 is 11.9 Å². The summed E-state index contributed by atoms with van der Waals surface area (Å²) >= 11 is 0. The predicted molar refractivity (Wildman–Crippen MR) is 65.6 cm³/mol. The number of aromatic nitrogens is 2. The molecule has 1 aliphatic heterocycles. The predicted octanol–water partition coefficient (Wildman–Crippen LogP) is 1.67. The average Bonchev–Trinajstić information content (AvgIpc) is 2.78. The van der Waals surface area contributed by atoms with Crippen molar-refractivity contribution in [1.29, 1.82) is 0 Å². The summed E-state index contributed by atoms with van der Waals surface area (Å²) in [5, 5.41) is 13.0. The number of carboxylic acids is 1. The Labute approximate surface area is 106 Å². The molecule has 2 heterocycles. The van der Waals surface area contributed by atoms with E-state index in [0.717, 1.165) is 19.4 Å². The number of rotatable bonds is 2. The third-order valence-corrected chi connectivity index (χ3v) is 3.11. The van der Waals surface area contributed by atoms with Crippen LogP contribution in [0.5, 0.6) is 0 Å². The van der Waals surface area contributed by atoms with Crippen molar-refractivity contribution in [2.24, 2.45) is 5.92 Å². The van der Waals surface area contributed by atoms with Crippen LogP contribution < -0.4 is 4.90 Å². The monoisotopic (exact) mass is 253 g/mol. The maximum absolute atomic E-state index is 11.0. The van der Waals surface area contributed by atoms with Gasteiger partial charge in [-0.05, 0) is 18.0 Å². The topological polar surface area (TPSA) is 79.5 Å². The number of nitrogens with zero attached hydrogens (tertiary/aromatic N) is 3. The molecule has 0 bridgehead atoms. The van der Waals surface area contributed by atoms with Crippen molar-refractivity contribution in [3.05, 3.63) is 5.89 Å². The molecule has 1 atom stereocenters. The van der Waals surface area contributed by atoms with Crippen LogP contribution in [-0.2, 0) is 10.2 Å². The van der Waals surface area contributed by atoms with E-state index in [9.17, 15) is 4.79 Å². The first-order chi connectivity index (χ1) is 8.38. The molecule has 100 valence electrons. The van der Waals surface area contributed by atoms with E-state index in [1.807, 2.05) is 25.7 Å². The minimum atomic E-state index is -0.751. The number of anilines is 1. The lowest BCUT2D eigenvalue weighted by atomic mass is 9.97. The number of hydrogen-bond donors (Lipinski definition) is 1. The van der Waals surface area contributed by atoms with Crippen LogP contribution in [-0.4, -0.2) is 34.3 Å². The molecule has 0 amide bonds. The van der Waals surface area contributed by atoms with Gasteiger partial charge < -0.3 is 14.5 Å². The van der Waals surface area contributed by atoms with E-state index < -0.39 is 5.97 Å². The largest absolute Gasteiger partial charge is 0.481 e. The van der Waals surface area contributed by atoms with Crippen LogP contribution in [0.2, 0.25) is 0 Å². The quantitative estimate of drug-likeness (QED) is 0.863. The standard InChI is InChI=1S/C12H19N3O3/c1-12(2,3)10-13-11(14-18-10)15-6-4-5-8(7-15)9(16)17/h8H,4-7H2,1-3H3,(H,16,17). The SMILES string of the molecule is CC(C)(C)c1nc(N2CCCC(C(=O)O)C2)no1. The highest BCUT2D eigenvalue weighted by Gasteiger charge is 2.29. The average molecular weight is 253 g/mol. The molecular formula is C12H19N3O3. The van der Waals surface area contributed by atoms with E-state index in [1.54, 1.807) is 0 Å². The van der Waals surface area contributed by atoms with Crippen LogP contribution in [0.15, 0.2) is 4.52 Å². The van der Waals surface area contributed by atoms with Gasteiger partial charge in [0.2, 0.25) is 5.89 Å². The van der Waals surface area contributed by atoms with Crippen LogP contribution in [0.4, 0.5) is 5.95 Å². The molecule has 0 radical (unpaired) electrons. The second-order valence-corrected chi connectivity index (χ2v) is 5.77. The van der Waals surface area contributed by atoms with Crippen LogP contribution in [0.25, 0.3) is 0 Å². The summed E-state index contributed by atoms with van der Waals surface area (Å²) in [4.78, 5) is 17.2. The van der Waals surface area contributed by atoms with Crippen LogP contribution in [0.1, 0.15) is 39.5 Å².